The van der Waals surface area contributed by atoms with E-state index in [9.17, 15) is 0 Å². The van der Waals surface area contributed by atoms with Gasteiger partial charge in [-0.15, -0.1) is 5.10 Å². The van der Waals surface area contributed by atoms with E-state index in [4.69, 9.17) is 9.47 Å². The Morgan fingerprint density at radius 2 is 2.14 bits per heavy atom. The average Bonchev–Trinajstić information content (AvgIpc) is 3.13. The molecule has 4 rings (SSSR count). The zero-order valence-electron chi connectivity index (χ0n) is 11.3. The van der Waals surface area contributed by atoms with Gasteiger partial charge in [0.2, 0.25) is 6.79 Å². The fraction of sp³-hybridized carbons (Fsp3) is 0.231. The van der Waals surface area contributed by atoms with Crippen LogP contribution in [0.25, 0.3) is 11.2 Å². The highest BCUT2D eigenvalue weighted by Crippen LogP contribution is 2.35. The molecule has 2 aromatic heterocycles. The summed E-state index contributed by atoms with van der Waals surface area (Å²) in [4.78, 5) is 8.45. The zero-order valence-corrected chi connectivity index (χ0v) is 11.3. The fourth-order valence-electron chi connectivity index (χ4n) is 2.21. The summed E-state index contributed by atoms with van der Waals surface area (Å²) in [5, 5.41) is 11.4. The molecule has 3 aromatic rings. The van der Waals surface area contributed by atoms with Crippen LogP contribution in [-0.2, 0) is 6.54 Å². The molecule has 0 unspecified atom stereocenters. The minimum atomic E-state index is 0.251. The standard InChI is InChI=1S/C13H12N6O2/c1-2-19-13-11(17-18-19)12(14-6-15-13)16-8-3-4-9-10(5-8)21-7-20-9/h3-6H,2,7H2,1H3,(H,14,15,16). The summed E-state index contributed by atoms with van der Waals surface area (Å²) in [7, 11) is 0. The van der Waals surface area contributed by atoms with Gasteiger partial charge in [-0.1, -0.05) is 5.21 Å². The minimum absolute atomic E-state index is 0.251. The number of aromatic nitrogens is 5. The van der Waals surface area contributed by atoms with E-state index in [1.165, 1.54) is 6.33 Å². The molecule has 0 fully saturated rings. The van der Waals surface area contributed by atoms with Gasteiger partial charge in [-0.2, -0.15) is 0 Å². The van der Waals surface area contributed by atoms with Crippen molar-refractivity contribution in [2.75, 3.05) is 12.1 Å². The van der Waals surface area contributed by atoms with Crippen molar-refractivity contribution in [3.05, 3.63) is 24.5 Å². The second-order valence-corrected chi connectivity index (χ2v) is 4.49. The summed E-state index contributed by atoms with van der Waals surface area (Å²) in [6.45, 7) is 2.94. The van der Waals surface area contributed by atoms with Crippen molar-refractivity contribution in [1.29, 1.82) is 0 Å². The quantitative estimate of drug-likeness (QED) is 0.783. The Balaban J connectivity index is 1.72. The molecule has 1 aliphatic heterocycles. The lowest BCUT2D eigenvalue weighted by molar-refractivity contribution is 0.174. The van der Waals surface area contributed by atoms with Crippen LogP contribution < -0.4 is 14.8 Å². The lowest BCUT2D eigenvalue weighted by atomic mass is 10.2. The number of hydrogen-bond donors (Lipinski definition) is 1. The fourth-order valence-corrected chi connectivity index (χ4v) is 2.21. The van der Waals surface area contributed by atoms with Gasteiger partial charge in [0.1, 0.15) is 6.33 Å². The van der Waals surface area contributed by atoms with Crippen LogP contribution in [0.5, 0.6) is 11.5 Å². The van der Waals surface area contributed by atoms with Crippen LogP contribution in [0.2, 0.25) is 0 Å². The number of rotatable bonds is 3. The Hall–Kier alpha value is -2.90. The summed E-state index contributed by atoms with van der Waals surface area (Å²) in [5.41, 5.74) is 2.18. The molecule has 0 saturated heterocycles. The number of benzene rings is 1. The number of hydrogen-bond acceptors (Lipinski definition) is 7. The topological polar surface area (TPSA) is 87.0 Å². The minimum Gasteiger partial charge on any atom is -0.454 e. The maximum Gasteiger partial charge on any atom is 0.231 e. The molecule has 8 nitrogen and oxygen atoms in total. The maximum absolute atomic E-state index is 5.36. The highest BCUT2D eigenvalue weighted by Gasteiger charge is 2.15. The van der Waals surface area contributed by atoms with Crippen molar-refractivity contribution in [1.82, 2.24) is 25.0 Å². The number of fused-ring (bicyclic) bond motifs is 2. The molecule has 0 radical (unpaired) electrons. The van der Waals surface area contributed by atoms with Crippen molar-refractivity contribution in [2.45, 2.75) is 13.5 Å². The Morgan fingerprint density at radius 3 is 3.05 bits per heavy atom. The third kappa shape index (κ3) is 1.92. The summed E-state index contributed by atoms with van der Waals surface area (Å²) < 4.78 is 12.4. The number of nitrogens with zero attached hydrogens (tertiary/aromatic N) is 5. The predicted octanol–water partition coefficient (Wildman–Crippen LogP) is 1.71. The Labute approximate surface area is 119 Å². The van der Waals surface area contributed by atoms with Crippen molar-refractivity contribution >= 4 is 22.7 Å². The molecule has 0 saturated carbocycles. The molecular weight excluding hydrogens is 272 g/mol. The number of ether oxygens (including phenoxy) is 2. The Kier molecular flexibility index (Phi) is 2.59. The van der Waals surface area contributed by atoms with Gasteiger partial charge in [-0.3, -0.25) is 0 Å². The van der Waals surface area contributed by atoms with Crippen LogP contribution in [0.15, 0.2) is 24.5 Å². The molecule has 106 valence electrons. The molecule has 0 amide bonds. The summed E-state index contributed by atoms with van der Waals surface area (Å²) in [6.07, 6.45) is 1.49. The van der Waals surface area contributed by atoms with Gasteiger partial charge in [-0.25, -0.2) is 14.6 Å². The Bertz CT molecular complexity index is 816. The van der Waals surface area contributed by atoms with Crippen molar-refractivity contribution in [3.63, 3.8) is 0 Å². The van der Waals surface area contributed by atoms with Gasteiger partial charge < -0.3 is 14.8 Å². The van der Waals surface area contributed by atoms with Gasteiger partial charge in [0, 0.05) is 18.3 Å². The number of anilines is 2. The van der Waals surface area contributed by atoms with Crippen LogP contribution in [0.4, 0.5) is 11.5 Å². The van der Waals surface area contributed by atoms with E-state index in [1.807, 2.05) is 25.1 Å². The van der Waals surface area contributed by atoms with Crippen LogP contribution in [-0.4, -0.2) is 31.8 Å². The second kappa shape index (κ2) is 4.58. The van der Waals surface area contributed by atoms with Crippen LogP contribution in [0.3, 0.4) is 0 Å². The van der Waals surface area contributed by atoms with E-state index in [1.54, 1.807) is 4.68 Å². The van der Waals surface area contributed by atoms with E-state index >= 15 is 0 Å². The highest BCUT2D eigenvalue weighted by atomic mass is 16.7. The van der Waals surface area contributed by atoms with E-state index in [-0.39, 0.29) is 6.79 Å². The molecule has 21 heavy (non-hydrogen) atoms. The van der Waals surface area contributed by atoms with E-state index in [0.717, 1.165) is 11.4 Å². The SMILES string of the molecule is CCn1nnc2c(Nc3ccc4c(c3)OCO4)ncnc21. The molecule has 0 atom stereocenters. The second-order valence-electron chi connectivity index (χ2n) is 4.49. The smallest absolute Gasteiger partial charge is 0.231 e. The summed E-state index contributed by atoms with van der Waals surface area (Å²) in [6, 6.07) is 5.61. The molecule has 1 N–H and O–H groups in total. The number of nitrogens with one attached hydrogen (secondary N) is 1. The third-order valence-corrected chi connectivity index (χ3v) is 3.23. The van der Waals surface area contributed by atoms with Crippen LogP contribution >= 0.6 is 0 Å². The van der Waals surface area contributed by atoms with Crippen molar-refractivity contribution < 1.29 is 9.47 Å². The monoisotopic (exact) mass is 284 g/mol. The third-order valence-electron chi connectivity index (χ3n) is 3.23. The lowest BCUT2D eigenvalue weighted by Crippen LogP contribution is -1.99. The van der Waals surface area contributed by atoms with Crippen LogP contribution in [0.1, 0.15) is 6.92 Å². The summed E-state index contributed by atoms with van der Waals surface area (Å²) in [5.74, 6) is 2.06. The van der Waals surface area contributed by atoms with Gasteiger partial charge in [-0.05, 0) is 19.1 Å². The van der Waals surface area contributed by atoms with E-state index in [2.05, 4.69) is 25.6 Å². The molecule has 1 aromatic carbocycles. The molecular formula is C13H12N6O2. The first kappa shape index (κ1) is 11.9. The van der Waals surface area contributed by atoms with Gasteiger partial charge in [0.05, 0.1) is 0 Å². The maximum atomic E-state index is 5.36. The molecule has 0 bridgehead atoms. The molecule has 8 heteroatoms. The van der Waals surface area contributed by atoms with Crippen LogP contribution in [0, 0.1) is 0 Å². The van der Waals surface area contributed by atoms with Crippen molar-refractivity contribution in [3.8, 4) is 11.5 Å². The van der Waals surface area contributed by atoms with E-state index in [0.29, 0.717) is 29.3 Å². The normalized spacial score (nSPS) is 12.8. The van der Waals surface area contributed by atoms with Gasteiger partial charge in [0.25, 0.3) is 0 Å². The average molecular weight is 284 g/mol. The molecule has 1 aliphatic rings. The highest BCUT2D eigenvalue weighted by molar-refractivity contribution is 5.84. The summed E-state index contributed by atoms with van der Waals surface area (Å²) >= 11 is 0. The largest absolute Gasteiger partial charge is 0.454 e. The molecule has 3 heterocycles. The first-order chi connectivity index (χ1) is 10.3. The number of aryl methyl sites for hydroxylation is 1. The molecule has 0 spiro atoms. The van der Waals surface area contributed by atoms with Gasteiger partial charge >= 0.3 is 0 Å². The van der Waals surface area contributed by atoms with Crippen molar-refractivity contribution in [2.24, 2.45) is 0 Å². The zero-order chi connectivity index (χ0) is 14.2. The first-order valence-corrected chi connectivity index (χ1v) is 6.56. The van der Waals surface area contributed by atoms with E-state index < -0.39 is 0 Å². The predicted molar refractivity (Wildman–Crippen MR) is 74.6 cm³/mol. The molecule has 0 aliphatic carbocycles. The first-order valence-electron chi connectivity index (χ1n) is 6.56. The Morgan fingerprint density at radius 1 is 1.24 bits per heavy atom. The lowest BCUT2D eigenvalue weighted by Gasteiger charge is -2.06. The van der Waals surface area contributed by atoms with Gasteiger partial charge in [0.15, 0.2) is 28.5 Å².